The third kappa shape index (κ3) is 4.32. The number of methoxy groups -OCH3 is 1. The van der Waals surface area contributed by atoms with Crippen molar-refractivity contribution < 1.29 is 23.9 Å². The van der Waals surface area contributed by atoms with Gasteiger partial charge in [-0.3, -0.25) is 24.1 Å². The summed E-state index contributed by atoms with van der Waals surface area (Å²) in [5.41, 5.74) is 0.995. The normalized spacial score (nSPS) is 16.8. The van der Waals surface area contributed by atoms with Gasteiger partial charge in [0.1, 0.15) is 0 Å². The minimum absolute atomic E-state index is 0.0921. The fourth-order valence-corrected chi connectivity index (χ4v) is 3.77. The first-order valence-corrected chi connectivity index (χ1v) is 10.0. The van der Waals surface area contributed by atoms with Crippen LogP contribution < -0.4 is 0 Å². The Kier molecular flexibility index (Phi) is 6.64. The maximum Gasteiger partial charge on any atom is 0.261 e. The van der Waals surface area contributed by atoms with Crippen molar-refractivity contribution in [2.45, 2.75) is 26.2 Å². The molecule has 3 rings (SSSR count). The van der Waals surface area contributed by atoms with Gasteiger partial charge in [0, 0.05) is 58.4 Å². The molecule has 2 aliphatic heterocycles. The van der Waals surface area contributed by atoms with Gasteiger partial charge in [0.15, 0.2) is 0 Å². The molecule has 8 nitrogen and oxygen atoms in total. The van der Waals surface area contributed by atoms with E-state index >= 15 is 0 Å². The molecule has 0 N–H and O–H groups in total. The average molecular weight is 401 g/mol. The Morgan fingerprint density at radius 1 is 1.00 bits per heavy atom. The highest BCUT2D eigenvalue weighted by molar-refractivity contribution is 6.22. The third-order valence-corrected chi connectivity index (χ3v) is 5.39. The van der Waals surface area contributed by atoms with Gasteiger partial charge < -0.3 is 14.5 Å². The lowest BCUT2D eigenvalue weighted by atomic mass is 10.0. The Morgan fingerprint density at radius 2 is 1.69 bits per heavy atom. The molecule has 2 aliphatic rings. The van der Waals surface area contributed by atoms with Gasteiger partial charge in [0.2, 0.25) is 5.91 Å². The van der Waals surface area contributed by atoms with Crippen LogP contribution in [-0.2, 0) is 9.53 Å². The second-order valence-corrected chi connectivity index (χ2v) is 7.25. The van der Waals surface area contributed by atoms with Crippen molar-refractivity contribution in [3.05, 3.63) is 34.9 Å². The van der Waals surface area contributed by atoms with E-state index < -0.39 is 0 Å². The van der Waals surface area contributed by atoms with Crippen LogP contribution in [0.15, 0.2) is 18.2 Å². The summed E-state index contributed by atoms with van der Waals surface area (Å²) in [6.45, 7) is 4.74. The van der Waals surface area contributed by atoms with Gasteiger partial charge >= 0.3 is 0 Å². The molecule has 8 heteroatoms. The molecule has 1 aromatic rings. The number of nitrogens with zero attached hydrogens (tertiary/aromatic N) is 3. The van der Waals surface area contributed by atoms with Crippen molar-refractivity contribution >= 4 is 23.6 Å². The zero-order valence-electron chi connectivity index (χ0n) is 17.0. The standard InChI is InChI=1S/C21H27N3O5/c1-3-18(25)22-8-4-9-23(12-11-22)19(26)15-6-7-16-17(14-15)21(28)24(20(16)27)10-5-13-29-2/h6-7,14H,3-5,8-13H2,1-2H3. The van der Waals surface area contributed by atoms with Crippen LogP contribution >= 0.6 is 0 Å². The Balaban J connectivity index is 1.72. The smallest absolute Gasteiger partial charge is 0.261 e. The zero-order chi connectivity index (χ0) is 21.0. The Bertz CT molecular complexity index is 823. The summed E-state index contributed by atoms with van der Waals surface area (Å²) in [7, 11) is 1.57. The second-order valence-electron chi connectivity index (χ2n) is 7.25. The third-order valence-electron chi connectivity index (χ3n) is 5.39. The largest absolute Gasteiger partial charge is 0.385 e. The molecule has 0 saturated carbocycles. The Morgan fingerprint density at radius 3 is 2.41 bits per heavy atom. The molecule has 1 fully saturated rings. The molecule has 1 aromatic carbocycles. The molecule has 0 unspecified atom stereocenters. The predicted molar refractivity (Wildman–Crippen MR) is 106 cm³/mol. The van der Waals surface area contributed by atoms with E-state index in [2.05, 4.69) is 0 Å². The van der Waals surface area contributed by atoms with Gasteiger partial charge in [-0.25, -0.2) is 0 Å². The van der Waals surface area contributed by atoms with Gasteiger partial charge in [0.05, 0.1) is 11.1 Å². The van der Waals surface area contributed by atoms with E-state index in [1.807, 2.05) is 6.92 Å². The fraction of sp³-hybridized carbons (Fsp3) is 0.524. The fourth-order valence-electron chi connectivity index (χ4n) is 3.77. The number of ether oxygens (including phenoxy) is 1. The summed E-state index contributed by atoms with van der Waals surface area (Å²) in [4.78, 5) is 54.7. The van der Waals surface area contributed by atoms with Crippen LogP contribution in [0, 0.1) is 0 Å². The first-order chi connectivity index (χ1) is 14.0. The average Bonchev–Trinajstić information content (AvgIpc) is 2.90. The van der Waals surface area contributed by atoms with Crippen LogP contribution in [-0.4, -0.2) is 84.8 Å². The summed E-state index contributed by atoms with van der Waals surface area (Å²) < 4.78 is 4.98. The van der Waals surface area contributed by atoms with E-state index in [9.17, 15) is 19.2 Å². The van der Waals surface area contributed by atoms with E-state index in [4.69, 9.17) is 4.74 Å². The summed E-state index contributed by atoms with van der Waals surface area (Å²) in [5, 5.41) is 0. The molecule has 29 heavy (non-hydrogen) atoms. The van der Waals surface area contributed by atoms with Gasteiger partial charge in [-0.15, -0.1) is 0 Å². The number of benzene rings is 1. The van der Waals surface area contributed by atoms with E-state index in [0.29, 0.717) is 63.2 Å². The lowest BCUT2D eigenvalue weighted by molar-refractivity contribution is -0.130. The van der Waals surface area contributed by atoms with Crippen molar-refractivity contribution in [1.29, 1.82) is 0 Å². The van der Waals surface area contributed by atoms with Crippen molar-refractivity contribution in [1.82, 2.24) is 14.7 Å². The Hall–Kier alpha value is -2.74. The lowest BCUT2D eigenvalue weighted by Crippen LogP contribution is -2.37. The summed E-state index contributed by atoms with van der Waals surface area (Å²) >= 11 is 0. The lowest BCUT2D eigenvalue weighted by Gasteiger charge is -2.22. The first kappa shape index (κ1) is 21.0. The number of rotatable bonds is 6. The number of imide groups is 1. The SMILES string of the molecule is CCC(=O)N1CCCN(C(=O)c2ccc3c(c2)C(=O)N(CCCOC)C3=O)CC1. The van der Waals surface area contributed by atoms with Crippen LogP contribution in [0.25, 0.3) is 0 Å². The van der Waals surface area contributed by atoms with Gasteiger partial charge in [-0.1, -0.05) is 6.92 Å². The van der Waals surface area contributed by atoms with Gasteiger partial charge in [0.25, 0.3) is 17.7 Å². The second kappa shape index (κ2) is 9.17. The minimum Gasteiger partial charge on any atom is -0.385 e. The van der Waals surface area contributed by atoms with Crippen molar-refractivity contribution in [2.75, 3.05) is 46.4 Å². The Labute approximate surface area is 170 Å². The van der Waals surface area contributed by atoms with Crippen molar-refractivity contribution in [3.8, 4) is 0 Å². The summed E-state index contributed by atoms with van der Waals surface area (Å²) in [6, 6.07) is 4.68. The van der Waals surface area contributed by atoms with Crippen LogP contribution in [0.4, 0.5) is 0 Å². The summed E-state index contributed by atoms with van der Waals surface area (Å²) in [6.07, 6.45) is 1.73. The molecule has 0 aromatic heterocycles. The molecular weight excluding hydrogens is 374 g/mol. The van der Waals surface area contributed by atoms with Crippen LogP contribution in [0.1, 0.15) is 57.3 Å². The number of carbonyl (C=O) groups is 4. The molecular formula is C21H27N3O5. The van der Waals surface area contributed by atoms with Crippen LogP contribution in [0.2, 0.25) is 0 Å². The summed E-state index contributed by atoms with van der Waals surface area (Å²) in [5.74, 6) is -0.791. The molecule has 4 amide bonds. The maximum atomic E-state index is 13.0. The van der Waals surface area contributed by atoms with E-state index in [1.54, 1.807) is 29.0 Å². The molecule has 0 spiro atoms. The zero-order valence-corrected chi connectivity index (χ0v) is 17.0. The molecule has 156 valence electrons. The minimum atomic E-state index is -0.369. The highest BCUT2D eigenvalue weighted by Gasteiger charge is 2.36. The highest BCUT2D eigenvalue weighted by atomic mass is 16.5. The maximum absolute atomic E-state index is 13.0. The van der Waals surface area contributed by atoms with Crippen LogP contribution in [0.3, 0.4) is 0 Å². The number of fused-ring (bicyclic) bond motifs is 1. The molecule has 0 aliphatic carbocycles. The molecule has 0 radical (unpaired) electrons. The number of amides is 4. The van der Waals surface area contributed by atoms with Gasteiger partial charge in [-0.2, -0.15) is 0 Å². The van der Waals surface area contributed by atoms with E-state index in [-0.39, 0.29) is 35.7 Å². The number of hydrogen-bond donors (Lipinski definition) is 0. The van der Waals surface area contributed by atoms with Gasteiger partial charge in [-0.05, 0) is 31.0 Å². The predicted octanol–water partition coefficient (Wildman–Crippen LogP) is 1.40. The number of carbonyl (C=O) groups excluding carboxylic acids is 4. The molecule has 0 bridgehead atoms. The topological polar surface area (TPSA) is 87.2 Å². The quantitative estimate of drug-likeness (QED) is 0.531. The molecule has 2 heterocycles. The monoisotopic (exact) mass is 401 g/mol. The molecule has 0 atom stereocenters. The van der Waals surface area contributed by atoms with Crippen LogP contribution in [0.5, 0.6) is 0 Å². The number of hydrogen-bond acceptors (Lipinski definition) is 5. The van der Waals surface area contributed by atoms with Crippen molar-refractivity contribution in [3.63, 3.8) is 0 Å². The van der Waals surface area contributed by atoms with E-state index in [1.165, 1.54) is 11.0 Å². The van der Waals surface area contributed by atoms with Crippen molar-refractivity contribution in [2.24, 2.45) is 0 Å². The molecule has 1 saturated heterocycles. The first-order valence-electron chi connectivity index (χ1n) is 10.0. The van der Waals surface area contributed by atoms with E-state index in [0.717, 1.165) is 0 Å². The highest BCUT2D eigenvalue weighted by Crippen LogP contribution is 2.25.